The lowest BCUT2D eigenvalue weighted by Crippen LogP contribution is -2.48. The van der Waals surface area contributed by atoms with Crippen LogP contribution in [-0.2, 0) is 9.84 Å². The van der Waals surface area contributed by atoms with E-state index in [4.69, 9.17) is 0 Å². The van der Waals surface area contributed by atoms with Crippen molar-refractivity contribution in [2.45, 2.75) is 49.4 Å². The molecule has 168 valence electrons. The van der Waals surface area contributed by atoms with Crippen LogP contribution in [0.2, 0.25) is 0 Å². The van der Waals surface area contributed by atoms with Gasteiger partial charge in [-0.05, 0) is 57.0 Å². The molecule has 0 saturated carbocycles. The maximum Gasteiger partial charge on any atom is 0.253 e. The van der Waals surface area contributed by atoms with E-state index < -0.39 is 9.84 Å². The van der Waals surface area contributed by atoms with Gasteiger partial charge in [-0.25, -0.2) is 8.42 Å². The van der Waals surface area contributed by atoms with E-state index in [1.54, 1.807) is 0 Å². The summed E-state index contributed by atoms with van der Waals surface area (Å²) in [5.41, 5.74) is 1.51. The number of carbonyl (C=O) groups excluding carboxylic acids is 1. The van der Waals surface area contributed by atoms with Gasteiger partial charge in [0, 0.05) is 35.6 Å². The molecule has 1 aromatic rings. The van der Waals surface area contributed by atoms with E-state index in [-0.39, 0.29) is 28.7 Å². The minimum absolute atomic E-state index is 0.0125. The monoisotopic (exact) mass is 462 g/mol. The lowest BCUT2D eigenvalue weighted by molar-refractivity contribution is 0.0590. The second-order valence-electron chi connectivity index (χ2n) is 9.06. The summed E-state index contributed by atoms with van der Waals surface area (Å²) in [5, 5.41) is 4.05. The number of piperidine rings is 2. The summed E-state index contributed by atoms with van der Waals surface area (Å²) >= 11 is 1.49. The first-order chi connectivity index (χ1) is 15.0. The molecule has 7 nitrogen and oxygen atoms in total. The fourth-order valence-electron chi connectivity index (χ4n) is 5.17. The number of carbonyl (C=O) groups is 1. The molecule has 0 aliphatic carbocycles. The van der Waals surface area contributed by atoms with E-state index in [0.717, 1.165) is 36.8 Å². The van der Waals surface area contributed by atoms with Crippen molar-refractivity contribution in [2.24, 2.45) is 4.99 Å². The fraction of sp³-hybridized carbons (Fsp3) is 0.636. The number of nitrogens with one attached hydrogen (secondary N) is 1. The minimum Gasteiger partial charge on any atom is -0.339 e. The van der Waals surface area contributed by atoms with Gasteiger partial charge in [0.05, 0.1) is 17.5 Å². The maximum atomic E-state index is 13.1. The van der Waals surface area contributed by atoms with Crippen molar-refractivity contribution < 1.29 is 13.2 Å². The van der Waals surface area contributed by atoms with E-state index >= 15 is 0 Å². The summed E-state index contributed by atoms with van der Waals surface area (Å²) in [7, 11) is -2.95. The number of amidine groups is 1. The standard InChI is InChI=1S/C22H30N4O3S2/c27-21(26-11-7-18(8-12-26)25-9-2-1-3-10-25)16-5-4-6-17(13-16)23-22-24-19-14-31(28,29)15-20(19)30-22/h4-6,13,18-20H,1-3,7-12,14-15H2,(H,23,24). The zero-order valence-electron chi connectivity index (χ0n) is 17.7. The fourth-order valence-corrected chi connectivity index (χ4v) is 8.85. The number of nitrogens with zero attached hydrogens (tertiary/aromatic N) is 3. The average Bonchev–Trinajstić information content (AvgIpc) is 3.26. The molecule has 1 aromatic carbocycles. The highest BCUT2D eigenvalue weighted by Crippen LogP contribution is 2.34. The van der Waals surface area contributed by atoms with Crippen molar-refractivity contribution in [1.82, 2.24) is 9.80 Å². The van der Waals surface area contributed by atoms with E-state index in [1.807, 2.05) is 29.2 Å². The molecular weight excluding hydrogens is 432 g/mol. The van der Waals surface area contributed by atoms with Gasteiger partial charge in [0.2, 0.25) is 0 Å². The Kier molecular flexibility index (Phi) is 6.00. The van der Waals surface area contributed by atoms with Gasteiger partial charge in [0.25, 0.3) is 5.91 Å². The van der Waals surface area contributed by atoms with Crippen LogP contribution in [0.4, 0.5) is 5.69 Å². The predicted molar refractivity (Wildman–Crippen MR) is 126 cm³/mol. The molecule has 4 aliphatic heterocycles. The molecule has 0 bridgehead atoms. The number of benzene rings is 1. The van der Waals surface area contributed by atoms with Crippen molar-refractivity contribution >= 4 is 38.4 Å². The number of likely N-dealkylation sites (tertiary alicyclic amines) is 2. The summed E-state index contributed by atoms with van der Waals surface area (Å²) in [6.07, 6.45) is 6.08. The summed E-state index contributed by atoms with van der Waals surface area (Å²) in [6, 6.07) is 8.04. The summed E-state index contributed by atoms with van der Waals surface area (Å²) in [4.78, 5) is 22.2. The summed E-state index contributed by atoms with van der Waals surface area (Å²) in [6.45, 7) is 4.06. The zero-order valence-corrected chi connectivity index (χ0v) is 19.3. The van der Waals surface area contributed by atoms with E-state index in [2.05, 4.69) is 15.2 Å². The Morgan fingerprint density at radius 3 is 2.58 bits per heavy atom. The van der Waals surface area contributed by atoms with Crippen molar-refractivity contribution in [1.29, 1.82) is 0 Å². The molecule has 2 unspecified atom stereocenters. The van der Waals surface area contributed by atoms with E-state index in [9.17, 15) is 13.2 Å². The van der Waals surface area contributed by atoms with Gasteiger partial charge in [0.1, 0.15) is 0 Å². The molecule has 4 heterocycles. The third kappa shape index (κ3) is 4.78. The first kappa shape index (κ1) is 21.3. The van der Waals surface area contributed by atoms with Crippen molar-refractivity contribution in [3.8, 4) is 0 Å². The summed E-state index contributed by atoms with van der Waals surface area (Å²) in [5.74, 6) is 0.426. The van der Waals surface area contributed by atoms with Crippen LogP contribution in [0, 0.1) is 0 Å². The van der Waals surface area contributed by atoms with Gasteiger partial charge >= 0.3 is 0 Å². The van der Waals surface area contributed by atoms with Crippen LogP contribution >= 0.6 is 11.8 Å². The van der Waals surface area contributed by atoms with E-state index in [1.165, 1.54) is 44.1 Å². The maximum absolute atomic E-state index is 13.1. The van der Waals surface area contributed by atoms with E-state index in [0.29, 0.717) is 11.6 Å². The van der Waals surface area contributed by atoms with Crippen LogP contribution in [0.5, 0.6) is 0 Å². The number of thioether (sulfide) groups is 1. The Balaban J connectivity index is 1.18. The lowest BCUT2D eigenvalue weighted by atomic mass is 9.99. The molecule has 5 rings (SSSR count). The van der Waals surface area contributed by atoms with Crippen LogP contribution in [0.3, 0.4) is 0 Å². The Labute approximate surface area is 188 Å². The van der Waals surface area contributed by atoms with Gasteiger partial charge in [-0.3, -0.25) is 9.79 Å². The molecule has 0 spiro atoms. The second-order valence-corrected chi connectivity index (χ2v) is 12.4. The Morgan fingerprint density at radius 2 is 1.84 bits per heavy atom. The number of amides is 1. The highest BCUT2D eigenvalue weighted by Gasteiger charge is 2.42. The Bertz CT molecular complexity index is 967. The number of sulfone groups is 1. The second kappa shape index (κ2) is 8.75. The molecule has 9 heteroatoms. The molecule has 3 saturated heterocycles. The first-order valence-electron chi connectivity index (χ1n) is 11.3. The van der Waals surface area contributed by atoms with Crippen LogP contribution < -0.4 is 5.32 Å². The Morgan fingerprint density at radius 1 is 1.06 bits per heavy atom. The molecular formula is C22H30N4O3S2. The minimum atomic E-state index is -2.95. The van der Waals surface area contributed by atoms with Gasteiger partial charge in [0.15, 0.2) is 15.0 Å². The molecule has 0 aromatic heterocycles. The molecule has 31 heavy (non-hydrogen) atoms. The molecule has 4 aliphatic rings. The van der Waals surface area contributed by atoms with Gasteiger partial charge < -0.3 is 15.1 Å². The van der Waals surface area contributed by atoms with Crippen molar-refractivity contribution in [3.63, 3.8) is 0 Å². The SMILES string of the molecule is O=C(c1cccc(NC2=NC3CS(=O)(=O)CC3S2)c1)N1CCC(N2CCCCC2)CC1. The first-order valence-corrected chi connectivity index (χ1v) is 14.0. The number of anilines is 1. The Hall–Kier alpha value is -1.58. The van der Waals surface area contributed by atoms with Gasteiger partial charge in [-0.15, -0.1) is 0 Å². The highest BCUT2D eigenvalue weighted by atomic mass is 32.2. The number of fused-ring (bicyclic) bond motifs is 1. The molecule has 1 amide bonds. The zero-order chi connectivity index (χ0) is 21.4. The van der Waals surface area contributed by atoms with Crippen molar-refractivity contribution in [3.05, 3.63) is 29.8 Å². The number of rotatable bonds is 3. The molecule has 2 atom stereocenters. The predicted octanol–water partition coefficient (Wildman–Crippen LogP) is 2.46. The third-order valence-corrected chi connectivity index (χ3v) is 9.98. The number of hydrogen-bond acceptors (Lipinski definition) is 7. The van der Waals surface area contributed by atoms with Gasteiger partial charge in [-0.1, -0.05) is 24.2 Å². The van der Waals surface area contributed by atoms with Crippen LogP contribution in [-0.4, -0.2) is 84.3 Å². The third-order valence-electron chi connectivity index (χ3n) is 6.84. The quantitative estimate of drug-likeness (QED) is 0.743. The van der Waals surface area contributed by atoms with Gasteiger partial charge in [-0.2, -0.15) is 0 Å². The largest absolute Gasteiger partial charge is 0.339 e. The molecule has 1 N–H and O–H groups in total. The number of hydrogen-bond donors (Lipinski definition) is 1. The van der Waals surface area contributed by atoms with Crippen LogP contribution in [0.25, 0.3) is 0 Å². The lowest BCUT2D eigenvalue weighted by Gasteiger charge is -2.40. The normalized spacial score (nSPS) is 28.9. The van der Waals surface area contributed by atoms with Crippen molar-refractivity contribution in [2.75, 3.05) is 43.0 Å². The molecule has 0 radical (unpaired) electrons. The average molecular weight is 463 g/mol. The van der Waals surface area contributed by atoms with Crippen LogP contribution in [0.15, 0.2) is 29.3 Å². The summed E-state index contributed by atoms with van der Waals surface area (Å²) < 4.78 is 23.5. The highest BCUT2D eigenvalue weighted by molar-refractivity contribution is 8.15. The molecule has 3 fully saturated rings. The van der Waals surface area contributed by atoms with Crippen LogP contribution in [0.1, 0.15) is 42.5 Å². The topological polar surface area (TPSA) is 82.1 Å². The number of aliphatic imine (C=N–C) groups is 1. The smallest absolute Gasteiger partial charge is 0.253 e.